The van der Waals surface area contributed by atoms with E-state index in [1.807, 2.05) is 41.9 Å². The molecule has 8 heteroatoms. The third-order valence-electron chi connectivity index (χ3n) is 5.95. The zero-order valence-electron chi connectivity index (χ0n) is 18.2. The first-order valence-corrected chi connectivity index (χ1v) is 10.7. The van der Waals surface area contributed by atoms with Gasteiger partial charge in [-0.1, -0.05) is 17.0 Å². The van der Waals surface area contributed by atoms with Gasteiger partial charge in [0.1, 0.15) is 17.6 Å². The average molecular weight is 434 g/mol. The number of amides is 1. The largest absolute Gasteiger partial charge is 0.385 e. The molecule has 0 radical (unpaired) electrons. The van der Waals surface area contributed by atoms with E-state index >= 15 is 0 Å². The molecule has 1 amide bonds. The van der Waals surface area contributed by atoms with Crippen LogP contribution in [0.2, 0.25) is 0 Å². The number of nitrogens with zero attached hydrogens (tertiary/aromatic N) is 4. The Labute approximate surface area is 187 Å². The Morgan fingerprint density at radius 1 is 1.38 bits per heavy atom. The van der Waals surface area contributed by atoms with Crippen molar-refractivity contribution in [2.24, 2.45) is 11.7 Å². The fourth-order valence-corrected chi connectivity index (χ4v) is 3.90. The van der Waals surface area contributed by atoms with Gasteiger partial charge < -0.3 is 24.8 Å². The second-order valence-corrected chi connectivity index (χ2v) is 8.18. The Morgan fingerprint density at radius 3 is 2.78 bits per heavy atom. The first-order chi connectivity index (χ1) is 15.5. The second-order valence-electron chi connectivity index (χ2n) is 8.18. The number of aromatic nitrogens is 3. The van der Waals surface area contributed by atoms with E-state index in [-0.39, 0.29) is 6.04 Å². The van der Waals surface area contributed by atoms with Crippen molar-refractivity contribution in [3.63, 3.8) is 0 Å². The van der Waals surface area contributed by atoms with Crippen LogP contribution >= 0.6 is 0 Å². The quantitative estimate of drug-likeness (QED) is 0.437. The van der Waals surface area contributed by atoms with Crippen LogP contribution in [-0.2, 0) is 4.79 Å². The lowest BCUT2D eigenvalue weighted by Crippen LogP contribution is -2.41. The van der Waals surface area contributed by atoms with Gasteiger partial charge in [0.05, 0.1) is 6.04 Å². The minimum atomic E-state index is -0.712. The van der Waals surface area contributed by atoms with E-state index in [1.165, 1.54) is 0 Å². The molecule has 1 aromatic carbocycles. The number of hydrogen-bond acceptors (Lipinski definition) is 6. The van der Waals surface area contributed by atoms with Gasteiger partial charge in [0.15, 0.2) is 5.76 Å². The highest BCUT2D eigenvalue weighted by atomic mass is 16.5. The molecule has 0 spiro atoms. The van der Waals surface area contributed by atoms with E-state index in [4.69, 9.17) is 10.3 Å². The molecule has 8 nitrogen and oxygen atoms in total. The minimum absolute atomic E-state index is 0.283. The number of aliphatic hydroxyl groups excluding tert-OH is 1. The molecule has 0 aliphatic heterocycles. The van der Waals surface area contributed by atoms with Gasteiger partial charge in [0.25, 0.3) is 0 Å². The first-order valence-electron chi connectivity index (χ1n) is 10.7. The molecule has 4 rings (SSSR count). The third-order valence-corrected chi connectivity index (χ3v) is 5.95. The Kier molecular flexibility index (Phi) is 6.40. The van der Waals surface area contributed by atoms with Crippen molar-refractivity contribution in [2.75, 3.05) is 13.6 Å². The van der Waals surface area contributed by atoms with Crippen molar-refractivity contribution in [3.05, 3.63) is 59.8 Å². The van der Waals surface area contributed by atoms with Crippen molar-refractivity contribution >= 4 is 6.41 Å². The van der Waals surface area contributed by atoms with Crippen LogP contribution in [0.25, 0.3) is 11.3 Å². The van der Waals surface area contributed by atoms with Crippen LogP contribution < -0.4 is 5.73 Å². The van der Waals surface area contributed by atoms with Crippen molar-refractivity contribution in [3.8, 4) is 23.2 Å². The molecule has 2 heterocycles. The number of rotatable bonds is 7. The van der Waals surface area contributed by atoms with Gasteiger partial charge in [-0.3, -0.25) is 4.79 Å². The molecule has 3 aromatic rings. The van der Waals surface area contributed by atoms with E-state index in [9.17, 15) is 9.90 Å². The van der Waals surface area contributed by atoms with Gasteiger partial charge in [-0.15, -0.1) is 0 Å². The molecule has 2 atom stereocenters. The van der Waals surface area contributed by atoms with Crippen molar-refractivity contribution in [1.29, 1.82) is 0 Å². The number of aliphatic hydroxyl groups is 1. The molecule has 1 aliphatic rings. The molecule has 1 aliphatic carbocycles. The topological polar surface area (TPSA) is 110 Å². The van der Waals surface area contributed by atoms with E-state index < -0.39 is 6.10 Å². The lowest BCUT2D eigenvalue weighted by atomic mass is 9.80. The number of nitrogens with two attached hydrogens (primary N) is 1. The number of benzene rings is 1. The summed E-state index contributed by atoms with van der Waals surface area (Å²) < 4.78 is 7.39. The van der Waals surface area contributed by atoms with Crippen molar-refractivity contribution in [1.82, 2.24) is 19.6 Å². The zero-order chi connectivity index (χ0) is 22.7. The molecule has 166 valence electrons. The lowest BCUT2D eigenvalue weighted by Gasteiger charge is -2.36. The Morgan fingerprint density at radius 2 is 2.12 bits per heavy atom. The Hall–Kier alpha value is -3.41. The monoisotopic (exact) mass is 433 g/mol. The van der Waals surface area contributed by atoms with Gasteiger partial charge in [-0.2, -0.15) is 0 Å². The summed E-state index contributed by atoms with van der Waals surface area (Å²) in [6.45, 7) is 1.96. The number of hydrogen-bond donors (Lipinski definition) is 2. The first kappa shape index (κ1) is 21.8. The summed E-state index contributed by atoms with van der Waals surface area (Å²) in [6.07, 6.45) is 5.43. The fraction of sp³-hybridized carbons (Fsp3) is 0.375. The summed E-state index contributed by atoms with van der Waals surface area (Å²) in [4.78, 5) is 16.7. The molecule has 2 unspecified atom stereocenters. The van der Waals surface area contributed by atoms with E-state index in [2.05, 4.69) is 22.0 Å². The van der Waals surface area contributed by atoms with Crippen LogP contribution in [0.15, 0.2) is 47.2 Å². The molecule has 3 N–H and O–H groups in total. The Balaban J connectivity index is 1.44. The maximum Gasteiger partial charge on any atom is 0.209 e. The zero-order valence-corrected chi connectivity index (χ0v) is 18.2. The molecule has 1 saturated carbocycles. The van der Waals surface area contributed by atoms with Crippen molar-refractivity contribution in [2.45, 2.75) is 38.0 Å². The summed E-state index contributed by atoms with van der Waals surface area (Å²) in [5, 5.41) is 14.2. The van der Waals surface area contributed by atoms with Gasteiger partial charge >= 0.3 is 0 Å². The number of carbonyl (C=O) groups is 1. The summed E-state index contributed by atoms with van der Waals surface area (Å²) in [5.41, 5.74) is 8.49. The summed E-state index contributed by atoms with van der Waals surface area (Å²) in [6, 6.07) is 9.71. The average Bonchev–Trinajstić information content (AvgIpc) is 3.44. The summed E-state index contributed by atoms with van der Waals surface area (Å²) >= 11 is 0. The fourth-order valence-electron chi connectivity index (χ4n) is 3.90. The number of imidazole rings is 1. The number of carbonyl (C=O) groups excluding carboxylic acids is 1. The highest BCUT2D eigenvalue weighted by Crippen LogP contribution is 2.30. The van der Waals surface area contributed by atoms with Crippen LogP contribution in [0.3, 0.4) is 0 Å². The summed E-state index contributed by atoms with van der Waals surface area (Å²) in [5.74, 6) is 8.01. The minimum Gasteiger partial charge on any atom is -0.385 e. The molecular formula is C24H27N5O3. The van der Waals surface area contributed by atoms with Gasteiger partial charge in [0.2, 0.25) is 6.41 Å². The van der Waals surface area contributed by atoms with Crippen LogP contribution in [-0.4, -0.2) is 50.8 Å². The molecule has 1 fully saturated rings. The van der Waals surface area contributed by atoms with E-state index in [1.54, 1.807) is 24.2 Å². The molecule has 0 bridgehead atoms. The third kappa shape index (κ3) is 4.44. The van der Waals surface area contributed by atoms with Crippen LogP contribution in [0.5, 0.6) is 0 Å². The smallest absolute Gasteiger partial charge is 0.209 e. The second kappa shape index (κ2) is 9.39. The maximum absolute atomic E-state index is 10.8. The van der Waals surface area contributed by atoms with Gasteiger partial charge in [-0.05, 0) is 44.0 Å². The lowest BCUT2D eigenvalue weighted by molar-refractivity contribution is -0.120. The van der Waals surface area contributed by atoms with Crippen molar-refractivity contribution < 1.29 is 14.4 Å². The SMILES string of the molecule is CC(O)c1nccn1C(CN)c1cc(-c2ccc(C#C[C@H]3C[C@H](N(C)C=O)C3)cc2)on1. The Bertz CT molecular complexity index is 1120. The predicted molar refractivity (Wildman–Crippen MR) is 119 cm³/mol. The summed E-state index contributed by atoms with van der Waals surface area (Å²) in [7, 11) is 1.81. The van der Waals surface area contributed by atoms with Crippen LogP contribution in [0.1, 0.15) is 49.0 Å². The van der Waals surface area contributed by atoms with E-state index in [0.29, 0.717) is 35.8 Å². The van der Waals surface area contributed by atoms with E-state index in [0.717, 1.165) is 30.4 Å². The molecular weight excluding hydrogens is 406 g/mol. The normalized spacial score (nSPS) is 19.4. The maximum atomic E-state index is 10.8. The van der Waals surface area contributed by atoms with Gasteiger partial charge in [-0.25, -0.2) is 4.98 Å². The molecule has 0 saturated heterocycles. The van der Waals surface area contributed by atoms with Crippen LogP contribution in [0, 0.1) is 17.8 Å². The van der Waals surface area contributed by atoms with Crippen LogP contribution in [0.4, 0.5) is 0 Å². The standard InChI is InChI=1S/C24H27N5O3/c1-16(31)24-26-9-10-29(24)22(14-25)21-13-23(32-27-21)19-7-5-17(6-8-19)3-4-18-11-20(12-18)28(2)15-30/h5-10,13,15-16,18,20,22,31H,11-12,14,25H2,1-2H3/t16?,18-,20-,22?. The highest BCUT2D eigenvalue weighted by Gasteiger charge is 2.30. The van der Waals surface area contributed by atoms with Gasteiger partial charge in [0, 0.05) is 55.1 Å². The molecule has 32 heavy (non-hydrogen) atoms. The molecule has 2 aromatic heterocycles. The highest BCUT2D eigenvalue weighted by molar-refractivity contribution is 5.59. The predicted octanol–water partition coefficient (Wildman–Crippen LogP) is 2.36.